The third-order valence-corrected chi connectivity index (χ3v) is 3.47. The second-order valence-corrected chi connectivity index (χ2v) is 4.75. The lowest BCUT2D eigenvalue weighted by molar-refractivity contribution is 0.0250. The molecule has 88 valence electrons. The number of nitrogens with two attached hydrogens (primary N) is 1. The average Bonchev–Trinajstić information content (AvgIpc) is 2.32. The van der Waals surface area contributed by atoms with Crippen LogP contribution in [0.3, 0.4) is 0 Å². The van der Waals surface area contributed by atoms with Crippen molar-refractivity contribution in [2.75, 3.05) is 24.5 Å². The molecule has 16 heavy (non-hydrogen) atoms. The van der Waals surface area contributed by atoms with Gasteiger partial charge in [0.25, 0.3) is 0 Å². The predicted octanol–water partition coefficient (Wildman–Crippen LogP) is 1.29. The predicted molar refractivity (Wildman–Crippen MR) is 66.6 cm³/mol. The van der Waals surface area contributed by atoms with Gasteiger partial charge in [-0.15, -0.1) is 0 Å². The molecule has 0 aliphatic carbocycles. The summed E-state index contributed by atoms with van der Waals surface area (Å²) in [5.74, 6) is 0. The van der Waals surface area contributed by atoms with Gasteiger partial charge in [-0.25, -0.2) is 0 Å². The maximum Gasteiger partial charge on any atom is 0.0803 e. The van der Waals surface area contributed by atoms with Crippen molar-refractivity contribution in [1.29, 1.82) is 0 Å². The number of aryl methyl sites for hydroxylation is 1. The largest absolute Gasteiger partial charge is 0.388 e. The van der Waals surface area contributed by atoms with Crippen molar-refractivity contribution in [2.24, 2.45) is 5.73 Å². The molecule has 1 aromatic carbocycles. The van der Waals surface area contributed by atoms with Crippen LogP contribution in [0, 0.1) is 6.92 Å². The third-order valence-electron chi connectivity index (χ3n) is 3.47. The van der Waals surface area contributed by atoms with E-state index in [9.17, 15) is 5.11 Å². The highest BCUT2D eigenvalue weighted by Crippen LogP contribution is 2.25. The van der Waals surface area contributed by atoms with Crippen LogP contribution in [0.1, 0.15) is 18.4 Å². The topological polar surface area (TPSA) is 49.5 Å². The van der Waals surface area contributed by atoms with Gasteiger partial charge in [-0.2, -0.15) is 0 Å². The normalized spacial score (nSPS) is 19.8. The Bertz CT molecular complexity index is 339. The first-order valence-corrected chi connectivity index (χ1v) is 5.87. The standard InChI is InChI=1S/C13H20N2O/c1-11-2-4-12(5-3-11)15-8-6-13(16,10-14)7-9-15/h2-5,16H,6-10,14H2,1H3. The maximum atomic E-state index is 10.0. The molecule has 2 rings (SSSR count). The van der Waals surface area contributed by atoms with Gasteiger partial charge in [-0.1, -0.05) is 17.7 Å². The van der Waals surface area contributed by atoms with Crippen LogP contribution < -0.4 is 10.6 Å². The van der Waals surface area contributed by atoms with Crippen LogP contribution >= 0.6 is 0 Å². The Balaban J connectivity index is 2.01. The summed E-state index contributed by atoms with van der Waals surface area (Å²) in [5.41, 5.74) is 7.45. The quantitative estimate of drug-likeness (QED) is 0.789. The van der Waals surface area contributed by atoms with Crippen molar-refractivity contribution in [2.45, 2.75) is 25.4 Å². The van der Waals surface area contributed by atoms with Crippen LogP contribution in [0.4, 0.5) is 5.69 Å². The molecule has 3 N–H and O–H groups in total. The third kappa shape index (κ3) is 2.36. The molecule has 1 aromatic rings. The lowest BCUT2D eigenvalue weighted by Gasteiger charge is -2.38. The molecule has 0 amide bonds. The number of piperidine rings is 1. The lowest BCUT2D eigenvalue weighted by atomic mass is 9.91. The minimum Gasteiger partial charge on any atom is -0.388 e. The smallest absolute Gasteiger partial charge is 0.0803 e. The summed E-state index contributed by atoms with van der Waals surface area (Å²) in [5, 5.41) is 10.0. The van der Waals surface area contributed by atoms with Gasteiger partial charge < -0.3 is 15.7 Å². The number of rotatable bonds is 2. The van der Waals surface area contributed by atoms with Gasteiger partial charge in [0.05, 0.1) is 5.60 Å². The summed E-state index contributed by atoms with van der Waals surface area (Å²) in [6, 6.07) is 8.53. The highest BCUT2D eigenvalue weighted by molar-refractivity contribution is 5.48. The van der Waals surface area contributed by atoms with E-state index in [0.717, 1.165) is 25.9 Å². The molecule has 0 spiro atoms. The lowest BCUT2D eigenvalue weighted by Crippen LogP contribution is -2.48. The summed E-state index contributed by atoms with van der Waals surface area (Å²) in [6.07, 6.45) is 1.52. The molecule has 0 bridgehead atoms. The van der Waals surface area contributed by atoms with Gasteiger partial charge in [0.2, 0.25) is 0 Å². The monoisotopic (exact) mass is 220 g/mol. The summed E-state index contributed by atoms with van der Waals surface area (Å²) in [6.45, 7) is 4.23. The van der Waals surface area contributed by atoms with Gasteiger partial charge in [-0.3, -0.25) is 0 Å². The van der Waals surface area contributed by atoms with E-state index < -0.39 is 5.60 Å². The molecule has 3 heteroatoms. The van der Waals surface area contributed by atoms with Gasteiger partial charge >= 0.3 is 0 Å². The first-order valence-electron chi connectivity index (χ1n) is 5.87. The molecular weight excluding hydrogens is 200 g/mol. The molecule has 1 heterocycles. The fourth-order valence-corrected chi connectivity index (χ4v) is 2.14. The first kappa shape index (κ1) is 11.4. The van der Waals surface area contributed by atoms with E-state index in [1.807, 2.05) is 0 Å². The molecule has 0 unspecified atom stereocenters. The van der Waals surface area contributed by atoms with E-state index in [-0.39, 0.29) is 0 Å². The van der Waals surface area contributed by atoms with Crippen molar-refractivity contribution in [3.63, 3.8) is 0 Å². The van der Waals surface area contributed by atoms with Crippen LogP contribution in [0.5, 0.6) is 0 Å². The molecule has 1 saturated heterocycles. The molecule has 1 aliphatic heterocycles. The Hall–Kier alpha value is -1.06. The number of benzene rings is 1. The zero-order valence-electron chi connectivity index (χ0n) is 9.82. The molecular formula is C13H20N2O. The zero-order chi connectivity index (χ0) is 11.6. The number of aliphatic hydroxyl groups is 1. The van der Waals surface area contributed by atoms with Crippen LogP contribution in [-0.2, 0) is 0 Å². The summed E-state index contributed by atoms with van der Waals surface area (Å²) in [4.78, 5) is 2.31. The van der Waals surface area contributed by atoms with Crippen LogP contribution in [0.2, 0.25) is 0 Å². The Morgan fingerprint density at radius 1 is 1.25 bits per heavy atom. The zero-order valence-corrected chi connectivity index (χ0v) is 9.82. The van der Waals surface area contributed by atoms with E-state index >= 15 is 0 Å². The van der Waals surface area contributed by atoms with Crippen molar-refractivity contribution < 1.29 is 5.11 Å². The second-order valence-electron chi connectivity index (χ2n) is 4.75. The van der Waals surface area contributed by atoms with Crippen LogP contribution in [-0.4, -0.2) is 30.3 Å². The van der Waals surface area contributed by atoms with Crippen molar-refractivity contribution in [3.8, 4) is 0 Å². The van der Waals surface area contributed by atoms with Crippen molar-refractivity contribution in [1.82, 2.24) is 0 Å². The van der Waals surface area contributed by atoms with Crippen LogP contribution in [0.25, 0.3) is 0 Å². The molecule has 0 saturated carbocycles. The van der Waals surface area contributed by atoms with E-state index in [1.165, 1.54) is 11.3 Å². The fraction of sp³-hybridized carbons (Fsp3) is 0.538. The molecule has 3 nitrogen and oxygen atoms in total. The van der Waals surface area contributed by atoms with Crippen molar-refractivity contribution in [3.05, 3.63) is 29.8 Å². The number of hydrogen-bond donors (Lipinski definition) is 2. The molecule has 0 radical (unpaired) electrons. The summed E-state index contributed by atoms with van der Waals surface area (Å²) >= 11 is 0. The summed E-state index contributed by atoms with van der Waals surface area (Å²) < 4.78 is 0. The number of anilines is 1. The Morgan fingerprint density at radius 3 is 2.31 bits per heavy atom. The SMILES string of the molecule is Cc1ccc(N2CCC(O)(CN)CC2)cc1. The highest BCUT2D eigenvalue weighted by Gasteiger charge is 2.30. The Labute approximate surface area is 96.9 Å². The van der Waals surface area contributed by atoms with Gasteiger partial charge in [0.15, 0.2) is 0 Å². The molecule has 1 aliphatic rings. The summed E-state index contributed by atoms with van der Waals surface area (Å²) in [7, 11) is 0. The minimum absolute atomic E-state index is 0.370. The maximum absolute atomic E-state index is 10.0. The molecule has 1 fully saturated rings. The minimum atomic E-state index is -0.638. The molecule has 0 atom stereocenters. The second kappa shape index (κ2) is 4.44. The highest BCUT2D eigenvalue weighted by atomic mass is 16.3. The van der Waals surface area contributed by atoms with E-state index in [1.54, 1.807) is 0 Å². The van der Waals surface area contributed by atoms with Gasteiger partial charge in [0.1, 0.15) is 0 Å². The fourth-order valence-electron chi connectivity index (χ4n) is 2.14. The van der Waals surface area contributed by atoms with Crippen LogP contribution in [0.15, 0.2) is 24.3 Å². The van der Waals surface area contributed by atoms with E-state index in [0.29, 0.717) is 6.54 Å². The Morgan fingerprint density at radius 2 is 1.81 bits per heavy atom. The van der Waals surface area contributed by atoms with Gasteiger partial charge in [-0.05, 0) is 31.9 Å². The number of nitrogens with zero attached hydrogens (tertiary/aromatic N) is 1. The van der Waals surface area contributed by atoms with E-state index in [2.05, 4.69) is 36.1 Å². The average molecular weight is 220 g/mol. The first-order chi connectivity index (χ1) is 7.63. The van der Waals surface area contributed by atoms with Crippen molar-refractivity contribution >= 4 is 5.69 Å². The number of hydrogen-bond acceptors (Lipinski definition) is 3. The van der Waals surface area contributed by atoms with Gasteiger partial charge in [0, 0.05) is 25.3 Å². The van der Waals surface area contributed by atoms with E-state index in [4.69, 9.17) is 5.73 Å². The Kier molecular flexibility index (Phi) is 3.17. The molecule has 0 aromatic heterocycles.